The van der Waals surface area contributed by atoms with Crippen molar-refractivity contribution in [1.29, 1.82) is 5.26 Å². The zero-order chi connectivity index (χ0) is 18.6. The molecule has 2 N–H and O–H groups in total. The molecule has 0 radical (unpaired) electrons. The van der Waals surface area contributed by atoms with E-state index in [1.165, 1.54) is 6.08 Å². The number of nitriles is 1. The number of carbonyl (C=O) groups excluding carboxylic acids is 1. The molecule has 0 spiro atoms. The van der Waals surface area contributed by atoms with Crippen molar-refractivity contribution >= 4 is 91.7 Å². The summed E-state index contributed by atoms with van der Waals surface area (Å²) in [6.07, 6.45) is 1.54. The third-order valence-electron chi connectivity index (χ3n) is 3.19. The van der Waals surface area contributed by atoms with E-state index in [0.29, 0.717) is 10.7 Å². The van der Waals surface area contributed by atoms with Crippen molar-refractivity contribution in [1.82, 2.24) is 0 Å². The van der Waals surface area contributed by atoms with Crippen molar-refractivity contribution in [3.05, 3.63) is 58.7 Å². The van der Waals surface area contributed by atoms with Crippen LogP contribution in [-0.2, 0) is 4.79 Å². The maximum atomic E-state index is 12.4. The van der Waals surface area contributed by atoms with Gasteiger partial charge in [-0.05, 0) is 81.1 Å². The molecule has 0 saturated heterocycles. The van der Waals surface area contributed by atoms with Crippen molar-refractivity contribution in [2.24, 2.45) is 0 Å². The van der Waals surface area contributed by atoms with Crippen LogP contribution in [0.2, 0.25) is 10.0 Å². The maximum Gasteiger partial charge on any atom is 0.266 e. The van der Waals surface area contributed by atoms with Gasteiger partial charge in [-0.25, -0.2) is 0 Å². The fourth-order valence-electron chi connectivity index (χ4n) is 2.02. The van der Waals surface area contributed by atoms with Crippen LogP contribution in [0.1, 0.15) is 5.56 Å². The average Bonchev–Trinajstić information content (AvgIpc) is 2.56. The lowest BCUT2D eigenvalue weighted by atomic mass is 10.1. The van der Waals surface area contributed by atoms with E-state index in [1.54, 1.807) is 18.2 Å². The topological polar surface area (TPSA) is 64.9 Å². The minimum absolute atomic E-state index is 0.0279. The summed E-state index contributed by atoms with van der Waals surface area (Å²) < 4.78 is 1.99. The van der Waals surface area contributed by atoms with Gasteiger partial charge in [0, 0.05) is 14.2 Å². The van der Waals surface area contributed by atoms with E-state index in [-0.39, 0.29) is 10.6 Å². The Labute approximate surface area is 182 Å². The van der Waals surface area contributed by atoms with Crippen LogP contribution in [0.25, 0.3) is 6.08 Å². The van der Waals surface area contributed by atoms with Crippen LogP contribution in [0.3, 0.4) is 0 Å². The van der Waals surface area contributed by atoms with Crippen LogP contribution in [-0.4, -0.2) is 13.0 Å². The molecule has 0 unspecified atom stereocenters. The highest BCUT2D eigenvalue weighted by molar-refractivity contribution is 14.1. The molecule has 128 valence electrons. The van der Waals surface area contributed by atoms with Gasteiger partial charge in [0.05, 0.1) is 21.4 Å². The van der Waals surface area contributed by atoms with Gasteiger partial charge in [0.2, 0.25) is 0 Å². The third kappa shape index (κ3) is 5.00. The predicted molar refractivity (Wildman–Crippen MR) is 120 cm³/mol. The van der Waals surface area contributed by atoms with Crippen molar-refractivity contribution < 1.29 is 4.79 Å². The molecule has 0 fully saturated rings. The highest BCUT2D eigenvalue weighted by Gasteiger charge is 2.13. The van der Waals surface area contributed by atoms with Crippen LogP contribution in [0, 0.1) is 18.5 Å². The van der Waals surface area contributed by atoms with E-state index < -0.39 is 5.91 Å². The fraction of sp³-hybridized carbons (Fsp3) is 0.0588. The number of carbonyl (C=O) groups is 1. The Morgan fingerprint density at radius 1 is 1.24 bits per heavy atom. The van der Waals surface area contributed by atoms with E-state index >= 15 is 0 Å². The SMILES string of the molecule is CNc1c(I)cc(/C=C(/C#N)C(=O)Nc2cccc(Cl)c2Cl)cc1I. The highest BCUT2D eigenvalue weighted by atomic mass is 127. The molecule has 2 rings (SSSR count). The Kier molecular flexibility index (Phi) is 7.37. The second kappa shape index (κ2) is 9.07. The molecule has 0 aliphatic heterocycles. The number of benzene rings is 2. The summed E-state index contributed by atoms with van der Waals surface area (Å²) in [6.45, 7) is 0. The number of nitrogens with one attached hydrogen (secondary N) is 2. The van der Waals surface area contributed by atoms with Gasteiger partial charge in [-0.2, -0.15) is 5.26 Å². The molecule has 1 amide bonds. The van der Waals surface area contributed by atoms with Crippen LogP contribution >= 0.6 is 68.4 Å². The van der Waals surface area contributed by atoms with Crippen molar-refractivity contribution in [2.75, 3.05) is 17.7 Å². The number of amides is 1. The van der Waals surface area contributed by atoms with Crippen molar-refractivity contribution in [3.8, 4) is 6.07 Å². The first kappa shape index (κ1) is 20.3. The van der Waals surface area contributed by atoms with Gasteiger partial charge in [0.15, 0.2) is 0 Å². The molecule has 0 aliphatic rings. The van der Waals surface area contributed by atoms with Crippen LogP contribution < -0.4 is 10.6 Å². The zero-order valence-electron chi connectivity index (χ0n) is 12.8. The number of hydrogen-bond acceptors (Lipinski definition) is 3. The lowest BCUT2D eigenvalue weighted by Crippen LogP contribution is -2.13. The molecule has 2 aromatic carbocycles. The lowest BCUT2D eigenvalue weighted by Gasteiger charge is -2.09. The first-order valence-electron chi connectivity index (χ1n) is 6.91. The molecule has 4 nitrogen and oxygen atoms in total. The van der Waals surface area contributed by atoms with Crippen LogP contribution in [0.5, 0.6) is 0 Å². The number of anilines is 2. The smallest absolute Gasteiger partial charge is 0.266 e. The van der Waals surface area contributed by atoms with Gasteiger partial charge in [0.1, 0.15) is 11.6 Å². The van der Waals surface area contributed by atoms with E-state index in [2.05, 4.69) is 55.8 Å². The molecule has 8 heteroatoms. The molecule has 25 heavy (non-hydrogen) atoms. The summed E-state index contributed by atoms with van der Waals surface area (Å²) in [5.41, 5.74) is 2.10. The normalized spacial score (nSPS) is 11.0. The minimum atomic E-state index is -0.547. The number of rotatable bonds is 4. The van der Waals surface area contributed by atoms with Gasteiger partial charge < -0.3 is 10.6 Å². The lowest BCUT2D eigenvalue weighted by molar-refractivity contribution is -0.112. The van der Waals surface area contributed by atoms with Crippen molar-refractivity contribution in [2.45, 2.75) is 0 Å². The second-order valence-electron chi connectivity index (χ2n) is 4.83. The van der Waals surface area contributed by atoms with E-state index in [4.69, 9.17) is 23.2 Å². The Morgan fingerprint density at radius 2 is 1.88 bits per heavy atom. The quantitative estimate of drug-likeness (QED) is 0.266. The second-order valence-corrected chi connectivity index (χ2v) is 7.94. The Balaban J connectivity index is 2.33. The van der Waals surface area contributed by atoms with Gasteiger partial charge >= 0.3 is 0 Å². The molecule has 0 aromatic heterocycles. The van der Waals surface area contributed by atoms with Crippen LogP contribution in [0.15, 0.2) is 35.9 Å². The molecule has 0 heterocycles. The molecule has 0 aliphatic carbocycles. The van der Waals surface area contributed by atoms with Gasteiger partial charge in [0.25, 0.3) is 5.91 Å². The van der Waals surface area contributed by atoms with Gasteiger partial charge in [-0.15, -0.1) is 0 Å². The summed E-state index contributed by atoms with van der Waals surface area (Å²) >= 11 is 16.4. The molecular weight excluding hydrogens is 587 g/mol. The zero-order valence-corrected chi connectivity index (χ0v) is 18.7. The predicted octanol–water partition coefficient (Wildman–Crippen LogP) is 5.79. The molecule has 0 atom stereocenters. The van der Waals surface area contributed by atoms with Crippen LogP contribution in [0.4, 0.5) is 11.4 Å². The number of hydrogen-bond donors (Lipinski definition) is 2. The summed E-state index contributed by atoms with van der Waals surface area (Å²) in [4.78, 5) is 12.4. The number of halogens is 4. The van der Waals surface area contributed by atoms with Gasteiger partial charge in [-0.1, -0.05) is 29.3 Å². The molecule has 0 saturated carbocycles. The van der Waals surface area contributed by atoms with E-state index in [1.807, 2.05) is 25.2 Å². The standard InChI is InChI=1S/C17H11Cl2I2N3O/c1-23-16-12(20)6-9(7-13(16)21)5-10(8-22)17(25)24-14-4-2-3-11(18)15(14)19/h2-7,23H,1H3,(H,24,25)/b10-5-. The minimum Gasteiger partial charge on any atom is -0.386 e. The Bertz CT molecular complexity index is 884. The largest absolute Gasteiger partial charge is 0.386 e. The van der Waals surface area contributed by atoms with E-state index in [0.717, 1.165) is 18.4 Å². The monoisotopic (exact) mass is 597 g/mol. The molecule has 0 bridgehead atoms. The third-order valence-corrected chi connectivity index (χ3v) is 5.71. The Morgan fingerprint density at radius 3 is 2.44 bits per heavy atom. The number of nitrogens with zero attached hydrogens (tertiary/aromatic N) is 1. The van der Waals surface area contributed by atoms with Gasteiger partial charge in [-0.3, -0.25) is 4.79 Å². The first-order chi connectivity index (χ1) is 11.9. The first-order valence-corrected chi connectivity index (χ1v) is 9.82. The van der Waals surface area contributed by atoms with E-state index in [9.17, 15) is 10.1 Å². The molecule has 2 aromatic rings. The summed E-state index contributed by atoms with van der Waals surface area (Å²) in [7, 11) is 1.85. The summed E-state index contributed by atoms with van der Waals surface area (Å²) in [5.74, 6) is -0.547. The Hall–Kier alpha value is -1.02. The van der Waals surface area contributed by atoms with Crippen molar-refractivity contribution in [3.63, 3.8) is 0 Å². The highest BCUT2D eigenvalue weighted by Crippen LogP contribution is 2.30. The summed E-state index contributed by atoms with van der Waals surface area (Å²) in [5, 5.41) is 15.6. The average molecular weight is 598 g/mol. The molecular formula is C17H11Cl2I2N3O. The summed E-state index contributed by atoms with van der Waals surface area (Å²) in [6, 6.07) is 10.6. The maximum absolute atomic E-state index is 12.4. The fourth-order valence-corrected chi connectivity index (χ4v) is 4.72.